The average Bonchev–Trinajstić information content (AvgIpc) is 2.27. The summed E-state index contributed by atoms with van der Waals surface area (Å²) in [6.07, 6.45) is 2.07. The van der Waals surface area contributed by atoms with Crippen LogP contribution in [0.1, 0.15) is 26.7 Å². The molecule has 1 aliphatic rings. The van der Waals surface area contributed by atoms with Gasteiger partial charge in [0.2, 0.25) is 5.91 Å². The van der Waals surface area contributed by atoms with Crippen molar-refractivity contribution in [3.05, 3.63) is 0 Å². The lowest BCUT2D eigenvalue weighted by molar-refractivity contribution is -0.134. The minimum Gasteiger partial charge on any atom is -0.409 e. The van der Waals surface area contributed by atoms with Gasteiger partial charge in [0, 0.05) is 13.1 Å². The van der Waals surface area contributed by atoms with E-state index in [0.29, 0.717) is 5.92 Å². The molecule has 86 valence electrons. The van der Waals surface area contributed by atoms with Gasteiger partial charge in [-0.05, 0) is 25.7 Å². The lowest BCUT2D eigenvalue weighted by atomic mass is 9.98. The van der Waals surface area contributed by atoms with Gasteiger partial charge in [-0.15, -0.1) is 0 Å². The molecule has 5 heteroatoms. The molecule has 5 nitrogen and oxygen atoms in total. The second kappa shape index (κ2) is 5.00. The number of amidine groups is 1. The summed E-state index contributed by atoms with van der Waals surface area (Å²) >= 11 is 0. The number of rotatable bonds is 2. The SMILES string of the molecule is CC1CCN(C(=O)C(C)C(N)=NO)CC1. The second-order valence-electron chi connectivity index (χ2n) is 4.25. The number of hydrogen-bond acceptors (Lipinski definition) is 3. The van der Waals surface area contributed by atoms with Crippen molar-refractivity contribution in [3.8, 4) is 0 Å². The Morgan fingerprint density at radius 1 is 1.53 bits per heavy atom. The van der Waals surface area contributed by atoms with Gasteiger partial charge in [0.05, 0.1) is 5.92 Å². The highest BCUT2D eigenvalue weighted by Crippen LogP contribution is 2.17. The van der Waals surface area contributed by atoms with Gasteiger partial charge in [-0.25, -0.2) is 0 Å². The zero-order valence-corrected chi connectivity index (χ0v) is 9.31. The van der Waals surface area contributed by atoms with Crippen molar-refractivity contribution in [3.63, 3.8) is 0 Å². The molecule has 0 spiro atoms. The number of piperidine rings is 1. The number of nitrogens with zero attached hydrogens (tertiary/aromatic N) is 2. The van der Waals surface area contributed by atoms with Gasteiger partial charge in [-0.1, -0.05) is 12.1 Å². The van der Waals surface area contributed by atoms with Crippen molar-refractivity contribution >= 4 is 11.7 Å². The molecule has 1 unspecified atom stereocenters. The molecule has 0 aromatic rings. The van der Waals surface area contributed by atoms with Gasteiger partial charge >= 0.3 is 0 Å². The molecule has 0 radical (unpaired) electrons. The van der Waals surface area contributed by atoms with E-state index >= 15 is 0 Å². The Kier molecular flexibility index (Phi) is 3.94. The molecule has 1 fully saturated rings. The first kappa shape index (κ1) is 11.8. The van der Waals surface area contributed by atoms with Crippen LogP contribution >= 0.6 is 0 Å². The minimum absolute atomic E-state index is 0.0152. The van der Waals surface area contributed by atoms with Crippen LogP contribution in [0.15, 0.2) is 5.16 Å². The van der Waals surface area contributed by atoms with E-state index in [1.54, 1.807) is 11.8 Å². The Morgan fingerprint density at radius 3 is 2.53 bits per heavy atom. The summed E-state index contributed by atoms with van der Waals surface area (Å²) in [6, 6.07) is 0. The largest absolute Gasteiger partial charge is 0.409 e. The lowest BCUT2D eigenvalue weighted by Crippen LogP contribution is -2.44. The van der Waals surface area contributed by atoms with Crippen molar-refractivity contribution in [1.29, 1.82) is 0 Å². The normalized spacial score (nSPS) is 21.5. The van der Waals surface area contributed by atoms with E-state index in [0.717, 1.165) is 25.9 Å². The Labute approximate surface area is 89.9 Å². The van der Waals surface area contributed by atoms with Crippen LogP contribution in [0.3, 0.4) is 0 Å². The minimum atomic E-state index is -0.525. The molecule has 1 aliphatic heterocycles. The quantitative estimate of drug-likeness (QED) is 0.305. The Balaban J connectivity index is 2.54. The first-order chi connectivity index (χ1) is 7.06. The van der Waals surface area contributed by atoms with E-state index < -0.39 is 5.92 Å². The molecule has 0 aromatic heterocycles. The van der Waals surface area contributed by atoms with Crippen LogP contribution in [0, 0.1) is 11.8 Å². The summed E-state index contributed by atoms with van der Waals surface area (Å²) < 4.78 is 0. The van der Waals surface area contributed by atoms with Crippen molar-refractivity contribution in [2.45, 2.75) is 26.7 Å². The van der Waals surface area contributed by atoms with E-state index in [4.69, 9.17) is 10.9 Å². The number of nitrogens with two attached hydrogens (primary N) is 1. The monoisotopic (exact) mass is 213 g/mol. The number of likely N-dealkylation sites (tertiary alicyclic amines) is 1. The van der Waals surface area contributed by atoms with Crippen LogP contribution in [0.4, 0.5) is 0 Å². The molecule has 1 rings (SSSR count). The maximum Gasteiger partial charge on any atom is 0.233 e. The summed E-state index contributed by atoms with van der Waals surface area (Å²) in [7, 11) is 0. The molecule has 3 N–H and O–H groups in total. The fraction of sp³-hybridized carbons (Fsp3) is 0.800. The molecule has 1 heterocycles. The summed E-state index contributed by atoms with van der Waals surface area (Å²) in [5, 5.41) is 11.4. The number of carbonyl (C=O) groups is 1. The molecule has 15 heavy (non-hydrogen) atoms. The van der Waals surface area contributed by atoms with Crippen LogP contribution in [0.5, 0.6) is 0 Å². The molecule has 0 aromatic carbocycles. The summed E-state index contributed by atoms with van der Waals surface area (Å²) in [5.41, 5.74) is 5.40. The smallest absolute Gasteiger partial charge is 0.233 e. The molecule has 0 saturated carbocycles. The van der Waals surface area contributed by atoms with Gasteiger partial charge < -0.3 is 15.8 Å². The first-order valence-corrected chi connectivity index (χ1v) is 5.32. The predicted molar refractivity (Wildman–Crippen MR) is 57.6 cm³/mol. The van der Waals surface area contributed by atoms with Crippen LogP contribution in [0.2, 0.25) is 0 Å². The molecular formula is C10H19N3O2. The Bertz CT molecular complexity index is 257. The zero-order chi connectivity index (χ0) is 11.4. The average molecular weight is 213 g/mol. The second-order valence-corrected chi connectivity index (χ2v) is 4.25. The van der Waals surface area contributed by atoms with Crippen molar-refractivity contribution in [2.24, 2.45) is 22.7 Å². The molecule has 1 atom stereocenters. The van der Waals surface area contributed by atoms with Crippen molar-refractivity contribution in [1.82, 2.24) is 4.90 Å². The molecule has 0 aliphatic carbocycles. The van der Waals surface area contributed by atoms with E-state index in [1.807, 2.05) is 0 Å². The third kappa shape index (κ3) is 2.84. The van der Waals surface area contributed by atoms with Gasteiger partial charge in [-0.3, -0.25) is 4.79 Å². The fourth-order valence-electron chi connectivity index (χ4n) is 1.72. The van der Waals surface area contributed by atoms with Crippen molar-refractivity contribution in [2.75, 3.05) is 13.1 Å². The topological polar surface area (TPSA) is 78.9 Å². The van der Waals surface area contributed by atoms with E-state index in [-0.39, 0.29) is 11.7 Å². The number of carbonyl (C=O) groups excluding carboxylic acids is 1. The summed E-state index contributed by atoms with van der Waals surface area (Å²) in [6.45, 7) is 5.41. The molecule has 0 bridgehead atoms. The summed E-state index contributed by atoms with van der Waals surface area (Å²) in [5.74, 6) is 0.104. The summed E-state index contributed by atoms with van der Waals surface area (Å²) in [4.78, 5) is 13.7. The highest BCUT2D eigenvalue weighted by molar-refractivity contribution is 6.01. The van der Waals surface area contributed by atoms with E-state index in [1.165, 1.54) is 0 Å². The van der Waals surface area contributed by atoms with Gasteiger partial charge in [-0.2, -0.15) is 0 Å². The number of amides is 1. The maximum absolute atomic E-state index is 11.9. The third-order valence-electron chi connectivity index (χ3n) is 3.02. The first-order valence-electron chi connectivity index (χ1n) is 5.32. The molecule has 1 saturated heterocycles. The predicted octanol–water partition coefficient (Wildman–Crippen LogP) is 0.627. The van der Waals surface area contributed by atoms with Gasteiger partial charge in [0.1, 0.15) is 0 Å². The van der Waals surface area contributed by atoms with E-state index in [2.05, 4.69) is 12.1 Å². The van der Waals surface area contributed by atoms with Crippen molar-refractivity contribution < 1.29 is 10.0 Å². The highest BCUT2D eigenvalue weighted by Gasteiger charge is 2.26. The highest BCUT2D eigenvalue weighted by atomic mass is 16.4. The maximum atomic E-state index is 11.9. The Hall–Kier alpha value is -1.26. The van der Waals surface area contributed by atoms with Crippen LogP contribution in [-0.4, -0.2) is 34.9 Å². The number of oxime groups is 1. The van der Waals surface area contributed by atoms with Gasteiger partial charge in [0.15, 0.2) is 5.84 Å². The van der Waals surface area contributed by atoms with Crippen LogP contribution in [0.25, 0.3) is 0 Å². The molecular weight excluding hydrogens is 194 g/mol. The lowest BCUT2D eigenvalue weighted by Gasteiger charge is -2.31. The standard InChI is InChI=1S/C10H19N3O2/c1-7-3-5-13(6-4-7)10(14)8(2)9(11)12-15/h7-8,15H,3-6H2,1-2H3,(H2,11,12). The zero-order valence-electron chi connectivity index (χ0n) is 9.31. The van der Waals surface area contributed by atoms with E-state index in [9.17, 15) is 4.79 Å². The molecule has 1 amide bonds. The fourth-order valence-corrected chi connectivity index (χ4v) is 1.72. The van der Waals surface area contributed by atoms with Crippen LogP contribution < -0.4 is 5.73 Å². The Morgan fingerprint density at radius 2 is 2.07 bits per heavy atom. The van der Waals surface area contributed by atoms with Gasteiger partial charge in [0.25, 0.3) is 0 Å². The number of hydrogen-bond donors (Lipinski definition) is 2. The van der Waals surface area contributed by atoms with Crippen LogP contribution in [-0.2, 0) is 4.79 Å². The third-order valence-corrected chi connectivity index (χ3v) is 3.02.